The van der Waals surface area contributed by atoms with Crippen LogP contribution in [0.4, 0.5) is 0 Å². The minimum atomic E-state index is -0.232. The zero-order chi connectivity index (χ0) is 10.8. The van der Waals surface area contributed by atoms with Crippen molar-refractivity contribution in [3.63, 3.8) is 0 Å². The van der Waals surface area contributed by atoms with E-state index in [-0.39, 0.29) is 17.7 Å². The van der Waals surface area contributed by atoms with Gasteiger partial charge in [0.2, 0.25) is 5.91 Å². The molecule has 1 unspecified atom stereocenters. The van der Waals surface area contributed by atoms with E-state index >= 15 is 0 Å². The highest BCUT2D eigenvalue weighted by atomic mass is 16.5. The Morgan fingerprint density at radius 2 is 2.47 bits per heavy atom. The van der Waals surface area contributed by atoms with Gasteiger partial charge < -0.3 is 15.2 Å². The maximum absolute atomic E-state index is 11.1. The van der Waals surface area contributed by atoms with Crippen LogP contribution in [-0.2, 0) is 4.79 Å². The van der Waals surface area contributed by atoms with E-state index in [1.807, 2.05) is 0 Å². The molecular formula is C11H11NO3. The van der Waals surface area contributed by atoms with Crippen molar-refractivity contribution in [1.29, 1.82) is 0 Å². The lowest BCUT2D eigenvalue weighted by atomic mass is 10.1. The van der Waals surface area contributed by atoms with Crippen molar-refractivity contribution >= 4 is 5.91 Å². The van der Waals surface area contributed by atoms with E-state index in [0.29, 0.717) is 12.4 Å². The maximum Gasteiger partial charge on any atom is 0.243 e. The van der Waals surface area contributed by atoms with Gasteiger partial charge in [-0.25, -0.2) is 0 Å². The van der Waals surface area contributed by atoms with Crippen LogP contribution in [0, 0.1) is 0 Å². The van der Waals surface area contributed by atoms with Crippen molar-refractivity contribution < 1.29 is 14.6 Å². The smallest absolute Gasteiger partial charge is 0.243 e. The summed E-state index contributed by atoms with van der Waals surface area (Å²) in [5, 5.41) is 12.0. The molecule has 1 atom stereocenters. The molecular weight excluding hydrogens is 194 g/mol. The van der Waals surface area contributed by atoms with Gasteiger partial charge in [0.15, 0.2) is 0 Å². The lowest BCUT2D eigenvalue weighted by Crippen LogP contribution is -2.27. The van der Waals surface area contributed by atoms with Crippen LogP contribution in [0.15, 0.2) is 30.9 Å². The van der Waals surface area contributed by atoms with Gasteiger partial charge in [-0.1, -0.05) is 6.58 Å². The lowest BCUT2D eigenvalue weighted by Gasteiger charge is -2.09. The van der Waals surface area contributed by atoms with Crippen LogP contribution in [0.1, 0.15) is 11.6 Å². The third kappa shape index (κ3) is 1.79. The highest BCUT2D eigenvalue weighted by Crippen LogP contribution is 2.34. The second-order valence-electron chi connectivity index (χ2n) is 3.30. The Bertz CT molecular complexity index is 414. The number of carbonyl (C=O) groups excluding carboxylic acids is 1. The van der Waals surface area contributed by atoms with Gasteiger partial charge in [0.05, 0.1) is 6.04 Å². The maximum atomic E-state index is 11.1. The van der Waals surface area contributed by atoms with Crippen molar-refractivity contribution in [3.8, 4) is 11.5 Å². The number of hydrogen-bond acceptors (Lipinski definition) is 3. The molecule has 15 heavy (non-hydrogen) atoms. The number of ether oxygens (including phenoxy) is 1. The molecule has 0 radical (unpaired) electrons. The molecule has 4 nitrogen and oxygen atoms in total. The third-order valence-electron chi connectivity index (χ3n) is 2.28. The Balaban J connectivity index is 2.21. The number of aromatic hydroxyl groups is 1. The zero-order valence-corrected chi connectivity index (χ0v) is 8.06. The zero-order valence-electron chi connectivity index (χ0n) is 8.06. The molecule has 4 heteroatoms. The molecule has 0 bridgehead atoms. The van der Waals surface area contributed by atoms with Gasteiger partial charge in [-0.15, -0.1) is 0 Å². The number of carbonyl (C=O) groups is 1. The van der Waals surface area contributed by atoms with Crippen LogP contribution in [0.5, 0.6) is 11.5 Å². The minimum Gasteiger partial charge on any atom is -0.508 e. The first kappa shape index (κ1) is 9.58. The summed E-state index contributed by atoms with van der Waals surface area (Å²) in [5.41, 5.74) is 0.878. The van der Waals surface area contributed by atoms with Crippen LogP contribution in [-0.4, -0.2) is 17.6 Å². The molecule has 1 aromatic rings. The van der Waals surface area contributed by atoms with Gasteiger partial charge in [-0.05, 0) is 18.2 Å². The van der Waals surface area contributed by atoms with Gasteiger partial charge in [-0.2, -0.15) is 0 Å². The molecule has 0 aromatic heterocycles. The average molecular weight is 205 g/mol. The summed E-state index contributed by atoms with van der Waals surface area (Å²) >= 11 is 0. The molecule has 1 heterocycles. The number of benzene rings is 1. The molecule has 0 spiro atoms. The second kappa shape index (κ2) is 3.65. The molecule has 0 saturated heterocycles. The van der Waals surface area contributed by atoms with Crippen LogP contribution >= 0.6 is 0 Å². The van der Waals surface area contributed by atoms with Crippen molar-refractivity contribution in [2.24, 2.45) is 0 Å². The summed E-state index contributed by atoms with van der Waals surface area (Å²) in [5.74, 6) is 0.540. The van der Waals surface area contributed by atoms with E-state index in [0.717, 1.165) is 5.56 Å². The van der Waals surface area contributed by atoms with Gasteiger partial charge in [0.25, 0.3) is 0 Å². The summed E-state index contributed by atoms with van der Waals surface area (Å²) in [6.07, 6.45) is 1.22. The quantitative estimate of drug-likeness (QED) is 0.711. The fourth-order valence-electron chi connectivity index (χ4n) is 1.55. The average Bonchev–Trinajstić information content (AvgIpc) is 2.60. The van der Waals surface area contributed by atoms with Gasteiger partial charge in [0, 0.05) is 11.6 Å². The number of hydrogen-bond donors (Lipinski definition) is 2. The second-order valence-corrected chi connectivity index (χ2v) is 3.30. The molecule has 2 rings (SSSR count). The monoisotopic (exact) mass is 205 g/mol. The SMILES string of the molecule is C=CC(=O)NC1COc2cc(O)ccc21. The van der Waals surface area contributed by atoms with Crippen LogP contribution in [0.3, 0.4) is 0 Å². The number of phenols is 1. The topological polar surface area (TPSA) is 58.6 Å². The number of nitrogens with one attached hydrogen (secondary N) is 1. The summed E-state index contributed by atoms with van der Waals surface area (Å²) < 4.78 is 5.33. The summed E-state index contributed by atoms with van der Waals surface area (Å²) in [4.78, 5) is 11.1. The van der Waals surface area contributed by atoms with Crippen molar-refractivity contribution in [1.82, 2.24) is 5.32 Å². The standard InChI is InChI=1S/C11H11NO3/c1-2-11(14)12-9-6-15-10-5-7(13)3-4-8(9)10/h2-5,9,13H,1,6H2,(H,12,14). The predicted molar refractivity (Wildman–Crippen MR) is 54.7 cm³/mol. The Kier molecular flexibility index (Phi) is 2.33. The number of amides is 1. The Hall–Kier alpha value is -1.97. The predicted octanol–water partition coefficient (Wildman–Crippen LogP) is 1.13. The first-order chi connectivity index (χ1) is 7.20. The van der Waals surface area contributed by atoms with Crippen LogP contribution < -0.4 is 10.1 Å². The Morgan fingerprint density at radius 3 is 3.20 bits per heavy atom. The summed E-state index contributed by atoms with van der Waals surface area (Å²) in [7, 11) is 0. The first-order valence-electron chi connectivity index (χ1n) is 4.59. The van der Waals surface area contributed by atoms with E-state index in [4.69, 9.17) is 4.74 Å². The minimum absolute atomic E-state index is 0.157. The van der Waals surface area contributed by atoms with Gasteiger partial charge in [-0.3, -0.25) is 4.79 Å². The van der Waals surface area contributed by atoms with Crippen molar-refractivity contribution in [3.05, 3.63) is 36.4 Å². The number of phenolic OH excluding ortho intramolecular Hbond substituents is 1. The summed E-state index contributed by atoms with van der Waals surface area (Å²) in [6, 6.07) is 4.69. The normalized spacial score (nSPS) is 17.7. The van der Waals surface area contributed by atoms with E-state index in [2.05, 4.69) is 11.9 Å². The number of fused-ring (bicyclic) bond motifs is 1. The van der Waals surface area contributed by atoms with Crippen LogP contribution in [0.2, 0.25) is 0 Å². The molecule has 1 aliphatic heterocycles. The number of rotatable bonds is 2. The Morgan fingerprint density at radius 1 is 1.67 bits per heavy atom. The van der Waals surface area contributed by atoms with Gasteiger partial charge in [0.1, 0.15) is 18.1 Å². The fraction of sp³-hybridized carbons (Fsp3) is 0.182. The molecule has 0 saturated carbocycles. The highest BCUT2D eigenvalue weighted by Gasteiger charge is 2.24. The molecule has 78 valence electrons. The largest absolute Gasteiger partial charge is 0.508 e. The van der Waals surface area contributed by atoms with E-state index in [1.165, 1.54) is 12.1 Å². The molecule has 1 aliphatic rings. The van der Waals surface area contributed by atoms with E-state index in [9.17, 15) is 9.90 Å². The van der Waals surface area contributed by atoms with E-state index in [1.54, 1.807) is 12.1 Å². The molecule has 0 aliphatic carbocycles. The molecule has 0 fully saturated rings. The third-order valence-corrected chi connectivity index (χ3v) is 2.28. The molecule has 2 N–H and O–H groups in total. The summed E-state index contributed by atoms with van der Waals surface area (Å²) in [6.45, 7) is 3.77. The lowest BCUT2D eigenvalue weighted by molar-refractivity contribution is -0.117. The Labute approximate surface area is 87.2 Å². The highest BCUT2D eigenvalue weighted by molar-refractivity contribution is 5.87. The van der Waals surface area contributed by atoms with Crippen LogP contribution in [0.25, 0.3) is 0 Å². The van der Waals surface area contributed by atoms with E-state index < -0.39 is 0 Å². The molecule has 1 amide bonds. The first-order valence-corrected chi connectivity index (χ1v) is 4.59. The van der Waals surface area contributed by atoms with Gasteiger partial charge >= 0.3 is 0 Å². The van der Waals surface area contributed by atoms with Crippen molar-refractivity contribution in [2.45, 2.75) is 6.04 Å². The molecule has 1 aromatic carbocycles. The van der Waals surface area contributed by atoms with Crippen molar-refractivity contribution in [2.75, 3.05) is 6.61 Å². The fourth-order valence-corrected chi connectivity index (χ4v) is 1.55.